The highest BCUT2D eigenvalue weighted by molar-refractivity contribution is 6.04. The van der Waals surface area contributed by atoms with Crippen LogP contribution in [-0.2, 0) is 14.3 Å². The molecule has 168 valence electrons. The summed E-state index contributed by atoms with van der Waals surface area (Å²) in [6.45, 7) is 6.21. The van der Waals surface area contributed by atoms with Crippen LogP contribution in [0.4, 0.5) is 5.69 Å². The highest BCUT2D eigenvalue weighted by Crippen LogP contribution is 2.33. The van der Waals surface area contributed by atoms with Gasteiger partial charge in [0.05, 0.1) is 18.9 Å². The third-order valence-electron chi connectivity index (χ3n) is 5.96. The van der Waals surface area contributed by atoms with Crippen LogP contribution in [0.2, 0.25) is 0 Å². The van der Waals surface area contributed by atoms with Crippen molar-refractivity contribution in [3.8, 4) is 5.75 Å². The minimum absolute atomic E-state index is 0.0280. The van der Waals surface area contributed by atoms with Gasteiger partial charge in [0, 0.05) is 38.3 Å². The van der Waals surface area contributed by atoms with Crippen molar-refractivity contribution < 1.29 is 23.9 Å². The van der Waals surface area contributed by atoms with E-state index in [9.17, 15) is 14.4 Å². The SMILES string of the molecule is O=C(NCCCN1CCOCC1)c1ccc2c(c1)N(CC(=O)N1CCCC1)C(=O)CO2. The molecule has 1 aromatic carbocycles. The molecule has 1 N–H and O–H groups in total. The lowest BCUT2D eigenvalue weighted by Gasteiger charge is -2.30. The zero-order valence-corrected chi connectivity index (χ0v) is 17.8. The number of likely N-dealkylation sites (tertiary alicyclic amines) is 1. The van der Waals surface area contributed by atoms with Gasteiger partial charge in [-0.2, -0.15) is 0 Å². The summed E-state index contributed by atoms with van der Waals surface area (Å²) in [5, 5.41) is 2.94. The van der Waals surface area contributed by atoms with Crippen LogP contribution in [0.15, 0.2) is 18.2 Å². The number of ether oxygens (including phenoxy) is 2. The minimum Gasteiger partial charge on any atom is -0.482 e. The maximum atomic E-state index is 12.6. The summed E-state index contributed by atoms with van der Waals surface area (Å²) < 4.78 is 10.9. The Morgan fingerprint density at radius 3 is 2.61 bits per heavy atom. The number of rotatable bonds is 7. The number of anilines is 1. The molecule has 0 atom stereocenters. The number of nitrogens with one attached hydrogen (secondary N) is 1. The van der Waals surface area contributed by atoms with Crippen LogP contribution in [0.25, 0.3) is 0 Å². The van der Waals surface area contributed by atoms with Gasteiger partial charge in [0.25, 0.3) is 11.8 Å². The number of hydrogen-bond acceptors (Lipinski definition) is 6. The molecule has 0 aliphatic carbocycles. The second kappa shape index (κ2) is 10.1. The van der Waals surface area contributed by atoms with Gasteiger partial charge in [0.2, 0.25) is 5.91 Å². The van der Waals surface area contributed by atoms with Crippen LogP contribution >= 0.6 is 0 Å². The van der Waals surface area contributed by atoms with E-state index in [1.54, 1.807) is 23.1 Å². The van der Waals surface area contributed by atoms with E-state index in [1.165, 1.54) is 4.90 Å². The molecule has 3 aliphatic heterocycles. The van der Waals surface area contributed by atoms with Crippen LogP contribution in [0.3, 0.4) is 0 Å². The summed E-state index contributed by atoms with van der Waals surface area (Å²) in [4.78, 5) is 43.2. The van der Waals surface area contributed by atoms with Crippen molar-refractivity contribution in [3.63, 3.8) is 0 Å². The molecule has 0 aromatic heterocycles. The first kappa shape index (κ1) is 21.6. The predicted molar refractivity (Wildman–Crippen MR) is 114 cm³/mol. The Kier molecular flexibility index (Phi) is 7.03. The van der Waals surface area contributed by atoms with E-state index < -0.39 is 0 Å². The van der Waals surface area contributed by atoms with E-state index in [-0.39, 0.29) is 30.9 Å². The molecule has 9 heteroatoms. The van der Waals surface area contributed by atoms with E-state index in [0.29, 0.717) is 23.5 Å². The molecule has 3 amide bonds. The normalized spacial score (nSPS) is 19.2. The summed E-state index contributed by atoms with van der Waals surface area (Å²) in [6, 6.07) is 5.02. The fourth-order valence-corrected chi connectivity index (χ4v) is 4.15. The average molecular weight is 431 g/mol. The molecule has 3 heterocycles. The van der Waals surface area contributed by atoms with E-state index in [4.69, 9.17) is 9.47 Å². The molecule has 0 bridgehead atoms. The van der Waals surface area contributed by atoms with Gasteiger partial charge < -0.3 is 19.7 Å². The van der Waals surface area contributed by atoms with Crippen molar-refractivity contribution in [2.45, 2.75) is 19.3 Å². The van der Waals surface area contributed by atoms with Crippen molar-refractivity contribution in [1.82, 2.24) is 15.1 Å². The van der Waals surface area contributed by atoms with Crippen LogP contribution in [-0.4, -0.2) is 93.2 Å². The van der Waals surface area contributed by atoms with Crippen LogP contribution in [0.5, 0.6) is 5.75 Å². The van der Waals surface area contributed by atoms with Crippen molar-refractivity contribution in [3.05, 3.63) is 23.8 Å². The molecule has 31 heavy (non-hydrogen) atoms. The highest BCUT2D eigenvalue weighted by atomic mass is 16.5. The van der Waals surface area contributed by atoms with Gasteiger partial charge in [0.1, 0.15) is 12.3 Å². The lowest BCUT2D eigenvalue weighted by Crippen LogP contribution is -2.46. The van der Waals surface area contributed by atoms with E-state index in [1.807, 2.05) is 0 Å². The number of fused-ring (bicyclic) bond motifs is 1. The Morgan fingerprint density at radius 1 is 1.06 bits per heavy atom. The molecule has 0 unspecified atom stereocenters. The first-order valence-electron chi connectivity index (χ1n) is 11.0. The zero-order valence-electron chi connectivity index (χ0n) is 17.8. The summed E-state index contributed by atoms with van der Waals surface area (Å²) in [7, 11) is 0. The van der Waals surface area contributed by atoms with Crippen LogP contribution < -0.4 is 15.0 Å². The monoisotopic (exact) mass is 430 g/mol. The maximum absolute atomic E-state index is 12.6. The number of hydrogen-bond donors (Lipinski definition) is 1. The minimum atomic E-state index is -0.275. The number of benzene rings is 1. The van der Waals surface area contributed by atoms with Crippen molar-refractivity contribution in [1.29, 1.82) is 0 Å². The maximum Gasteiger partial charge on any atom is 0.265 e. The highest BCUT2D eigenvalue weighted by Gasteiger charge is 2.30. The van der Waals surface area contributed by atoms with Gasteiger partial charge in [0.15, 0.2) is 6.61 Å². The van der Waals surface area contributed by atoms with Gasteiger partial charge in [-0.25, -0.2) is 0 Å². The fourth-order valence-electron chi connectivity index (χ4n) is 4.15. The topological polar surface area (TPSA) is 91.4 Å². The summed E-state index contributed by atoms with van der Waals surface area (Å²) in [5.74, 6) is -0.0360. The predicted octanol–water partition coefficient (Wildman–Crippen LogP) is 0.487. The standard InChI is InChI=1S/C22H30N4O5/c27-20(25-8-1-2-9-25)15-26-18-14-17(4-5-19(18)31-16-21(26)28)22(29)23-6-3-7-24-10-12-30-13-11-24/h4-5,14H,1-3,6-13,15-16H2,(H,23,29). The Balaban J connectivity index is 1.36. The molecular weight excluding hydrogens is 400 g/mol. The van der Waals surface area contributed by atoms with E-state index >= 15 is 0 Å². The number of carbonyl (C=O) groups excluding carboxylic acids is 3. The Hall–Kier alpha value is -2.65. The second-order valence-corrected chi connectivity index (χ2v) is 8.10. The lowest BCUT2D eigenvalue weighted by molar-refractivity contribution is -0.131. The van der Waals surface area contributed by atoms with Crippen molar-refractivity contribution in [2.75, 3.05) is 70.5 Å². The molecule has 3 aliphatic rings. The van der Waals surface area contributed by atoms with Crippen LogP contribution in [0.1, 0.15) is 29.6 Å². The Labute approximate surface area is 182 Å². The second-order valence-electron chi connectivity index (χ2n) is 8.10. The quantitative estimate of drug-likeness (QED) is 0.633. The molecule has 0 saturated carbocycles. The van der Waals surface area contributed by atoms with Gasteiger partial charge in [-0.3, -0.25) is 24.2 Å². The molecule has 9 nitrogen and oxygen atoms in total. The molecule has 1 aromatic rings. The average Bonchev–Trinajstić information content (AvgIpc) is 3.34. The first-order valence-corrected chi connectivity index (χ1v) is 11.0. The van der Waals surface area contributed by atoms with E-state index in [2.05, 4.69) is 10.2 Å². The zero-order chi connectivity index (χ0) is 21.6. The number of morpholine rings is 1. The third-order valence-corrected chi connectivity index (χ3v) is 5.96. The van der Waals surface area contributed by atoms with Crippen LogP contribution in [0, 0.1) is 0 Å². The summed E-state index contributed by atoms with van der Waals surface area (Å²) in [5.41, 5.74) is 0.923. The van der Waals surface area contributed by atoms with Gasteiger partial charge in [-0.1, -0.05) is 0 Å². The lowest BCUT2D eigenvalue weighted by atomic mass is 10.1. The molecule has 2 saturated heterocycles. The van der Waals surface area contributed by atoms with Gasteiger partial charge in [-0.15, -0.1) is 0 Å². The van der Waals surface area contributed by atoms with Gasteiger partial charge >= 0.3 is 0 Å². The largest absolute Gasteiger partial charge is 0.482 e. The van der Waals surface area contributed by atoms with Gasteiger partial charge in [-0.05, 0) is 44.0 Å². The van der Waals surface area contributed by atoms with Crippen molar-refractivity contribution >= 4 is 23.4 Å². The fraction of sp³-hybridized carbons (Fsp3) is 0.591. The number of carbonyl (C=O) groups is 3. The smallest absolute Gasteiger partial charge is 0.265 e. The molecule has 0 radical (unpaired) electrons. The third kappa shape index (κ3) is 5.34. The Morgan fingerprint density at radius 2 is 1.84 bits per heavy atom. The molecule has 4 rings (SSSR count). The molecule has 0 spiro atoms. The van der Waals surface area contributed by atoms with Crippen molar-refractivity contribution in [2.24, 2.45) is 0 Å². The first-order chi connectivity index (χ1) is 15.1. The number of nitrogens with zero attached hydrogens (tertiary/aromatic N) is 3. The summed E-state index contributed by atoms with van der Waals surface area (Å²) >= 11 is 0. The molecule has 2 fully saturated rings. The van der Waals surface area contributed by atoms with E-state index in [0.717, 1.165) is 65.2 Å². The Bertz CT molecular complexity index is 818. The molecular formula is C22H30N4O5. The number of amides is 3. The summed E-state index contributed by atoms with van der Waals surface area (Å²) in [6.07, 6.45) is 2.85.